The molecule has 3 aromatic heterocycles. The summed E-state index contributed by atoms with van der Waals surface area (Å²) in [6.45, 7) is 11.5. The van der Waals surface area contributed by atoms with Crippen LogP contribution in [-0.2, 0) is 6.42 Å². The number of aromatic nitrogens is 4. The molecule has 0 bridgehead atoms. The molecule has 0 atom stereocenters. The number of nitrogens with one attached hydrogen (secondary N) is 3. The van der Waals surface area contributed by atoms with Crippen LogP contribution in [-0.4, -0.2) is 39.6 Å². The highest BCUT2D eigenvalue weighted by molar-refractivity contribution is 5.90. The lowest BCUT2D eigenvalue weighted by atomic mass is 10.0. The normalized spacial score (nSPS) is 14.3. The minimum Gasteiger partial charge on any atom is -0.369 e. The molecule has 4 heterocycles. The van der Waals surface area contributed by atoms with Crippen LogP contribution in [0.5, 0.6) is 0 Å². The van der Waals surface area contributed by atoms with E-state index in [-0.39, 0.29) is 0 Å². The Bertz CT molecular complexity index is 1230. The number of benzene rings is 1. The molecule has 156 valence electrons. The standard InChI is InChI=1S/C24H30N6/c1-14-11-15(2)21-19(12-14)18(17(4)27-21)7-8-25-22-20-13-16(3)26-23(20)29-24(28-22)30-9-5-6-10-30/h11-13,27H,5-10H2,1-4H3,(H2,25,26,28,29). The Morgan fingerprint density at radius 1 is 0.967 bits per heavy atom. The monoisotopic (exact) mass is 402 g/mol. The molecular weight excluding hydrogens is 372 g/mol. The summed E-state index contributed by atoms with van der Waals surface area (Å²) in [6, 6.07) is 6.67. The quantitative estimate of drug-likeness (QED) is 0.443. The third-order valence-electron chi connectivity index (χ3n) is 6.24. The van der Waals surface area contributed by atoms with Crippen molar-refractivity contribution in [2.45, 2.75) is 47.0 Å². The van der Waals surface area contributed by atoms with Gasteiger partial charge in [0, 0.05) is 41.9 Å². The first-order valence-electron chi connectivity index (χ1n) is 10.9. The fourth-order valence-corrected chi connectivity index (χ4v) is 4.79. The fraction of sp³-hybridized carbons (Fsp3) is 0.417. The highest BCUT2D eigenvalue weighted by Gasteiger charge is 2.18. The summed E-state index contributed by atoms with van der Waals surface area (Å²) < 4.78 is 0. The third-order valence-corrected chi connectivity index (χ3v) is 6.24. The van der Waals surface area contributed by atoms with E-state index < -0.39 is 0 Å². The number of fused-ring (bicyclic) bond motifs is 2. The first-order valence-corrected chi connectivity index (χ1v) is 10.9. The second-order valence-electron chi connectivity index (χ2n) is 8.69. The molecule has 3 N–H and O–H groups in total. The second kappa shape index (κ2) is 7.35. The highest BCUT2D eigenvalue weighted by Crippen LogP contribution is 2.28. The van der Waals surface area contributed by atoms with Crippen molar-refractivity contribution < 1.29 is 0 Å². The van der Waals surface area contributed by atoms with E-state index in [9.17, 15) is 0 Å². The van der Waals surface area contributed by atoms with Crippen molar-refractivity contribution in [1.82, 2.24) is 19.9 Å². The van der Waals surface area contributed by atoms with Crippen molar-refractivity contribution in [3.05, 3.63) is 46.3 Å². The van der Waals surface area contributed by atoms with E-state index in [4.69, 9.17) is 9.97 Å². The van der Waals surface area contributed by atoms with Crippen LogP contribution >= 0.6 is 0 Å². The predicted molar refractivity (Wildman–Crippen MR) is 125 cm³/mol. The molecular formula is C24H30N6. The van der Waals surface area contributed by atoms with Crippen molar-refractivity contribution in [3.8, 4) is 0 Å². The lowest BCUT2D eigenvalue weighted by Crippen LogP contribution is -2.21. The SMILES string of the molecule is Cc1cc(C)c2[nH]c(C)c(CCNc3nc(N4CCCC4)nc4[nH]c(C)cc34)c2c1. The van der Waals surface area contributed by atoms with Gasteiger partial charge in [0.25, 0.3) is 0 Å². The Labute approximate surface area is 177 Å². The first-order chi connectivity index (χ1) is 14.5. The Morgan fingerprint density at radius 2 is 1.77 bits per heavy atom. The number of anilines is 2. The van der Waals surface area contributed by atoms with E-state index in [0.717, 1.165) is 54.5 Å². The van der Waals surface area contributed by atoms with Gasteiger partial charge in [-0.05, 0) is 70.2 Å². The average Bonchev–Trinajstić information content (AvgIpc) is 3.41. The van der Waals surface area contributed by atoms with Gasteiger partial charge >= 0.3 is 0 Å². The molecule has 5 rings (SSSR count). The number of aryl methyl sites for hydroxylation is 4. The summed E-state index contributed by atoms with van der Waals surface area (Å²) in [5.74, 6) is 1.76. The van der Waals surface area contributed by atoms with E-state index in [1.165, 1.54) is 46.1 Å². The minimum absolute atomic E-state index is 0.830. The van der Waals surface area contributed by atoms with Crippen LogP contribution in [0, 0.1) is 27.7 Å². The van der Waals surface area contributed by atoms with Crippen LogP contribution in [0.2, 0.25) is 0 Å². The van der Waals surface area contributed by atoms with Gasteiger partial charge in [-0.25, -0.2) is 0 Å². The van der Waals surface area contributed by atoms with Gasteiger partial charge in [-0.15, -0.1) is 0 Å². The van der Waals surface area contributed by atoms with Crippen molar-refractivity contribution in [3.63, 3.8) is 0 Å². The molecule has 1 aromatic carbocycles. The second-order valence-corrected chi connectivity index (χ2v) is 8.69. The fourth-order valence-electron chi connectivity index (χ4n) is 4.79. The summed E-state index contributed by atoms with van der Waals surface area (Å²) in [7, 11) is 0. The molecule has 0 aliphatic carbocycles. The van der Waals surface area contributed by atoms with Crippen LogP contribution in [0.1, 0.15) is 40.9 Å². The summed E-state index contributed by atoms with van der Waals surface area (Å²) in [6.07, 6.45) is 3.38. The van der Waals surface area contributed by atoms with E-state index in [1.807, 2.05) is 0 Å². The molecule has 6 nitrogen and oxygen atoms in total. The third kappa shape index (κ3) is 3.30. The Kier molecular flexibility index (Phi) is 4.65. The van der Waals surface area contributed by atoms with Gasteiger partial charge in [-0.3, -0.25) is 0 Å². The van der Waals surface area contributed by atoms with Crippen molar-refractivity contribution in [1.29, 1.82) is 0 Å². The van der Waals surface area contributed by atoms with E-state index in [2.05, 4.69) is 66.1 Å². The largest absolute Gasteiger partial charge is 0.369 e. The van der Waals surface area contributed by atoms with Crippen molar-refractivity contribution in [2.24, 2.45) is 0 Å². The molecule has 0 unspecified atom stereocenters. The molecule has 0 amide bonds. The van der Waals surface area contributed by atoms with Crippen LogP contribution in [0.25, 0.3) is 21.9 Å². The number of H-pyrrole nitrogens is 2. The maximum atomic E-state index is 4.90. The van der Waals surface area contributed by atoms with Crippen LogP contribution in [0.3, 0.4) is 0 Å². The molecule has 30 heavy (non-hydrogen) atoms. The maximum absolute atomic E-state index is 4.90. The number of aromatic amines is 2. The molecule has 6 heteroatoms. The average molecular weight is 403 g/mol. The number of rotatable bonds is 5. The van der Waals surface area contributed by atoms with Crippen LogP contribution in [0.4, 0.5) is 11.8 Å². The van der Waals surface area contributed by atoms with E-state index >= 15 is 0 Å². The Morgan fingerprint density at radius 3 is 2.57 bits per heavy atom. The van der Waals surface area contributed by atoms with E-state index in [0.29, 0.717) is 0 Å². The topological polar surface area (TPSA) is 72.6 Å². The van der Waals surface area contributed by atoms with Gasteiger partial charge in [0.1, 0.15) is 11.5 Å². The zero-order valence-electron chi connectivity index (χ0n) is 18.3. The molecule has 0 radical (unpaired) electrons. The molecule has 1 aliphatic rings. The summed E-state index contributed by atoms with van der Waals surface area (Å²) >= 11 is 0. The maximum Gasteiger partial charge on any atom is 0.229 e. The zero-order chi connectivity index (χ0) is 20.8. The number of hydrogen-bond donors (Lipinski definition) is 3. The number of nitrogens with zero attached hydrogens (tertiary/aromatic N) is 3. The molecule has 0 spiro atoms. The van der Waals surface area contributed by atoms with Gasteiger partial charge < -0.3 is 20.2 Å². The van der Waals surface area contributed by atoms with E-state index in [1.54, 1.807) is 0 Å². The summed E-state index contributed by atoms with van der Waals surface area (Å²) in [4.78, 5) is 19.0. The Hall–Kier alpha value is -3.02. The van der Waals surface area contributed by atoms with Gasteiger partial charge in [0.05, 0.1) is 5.39 Å². The van der Waals surface area contributed by atoms with Crippen molar-refractivity contribution in [2.75, 3.05) is 29.9 Å². The predicted octanol–water partition coefficient (Wildman–Crippen LogP) is 4.93. The molecule has 0 saturated carbocycles. The first kappa shape index (κ1) is 19.0. The smallest absolute Gasteiger partial charge is 0.229 e. The zero-order valence-corrected chi connectivity index (χ0v) is 18.3. The molecule has 1 aliphatic heterocycles. The molecule has 4 aromatic rings. The molecule has 1 fully saturated rings. The lowest BCUT2D eigenvalue weighted by Gasteiger charge is -2.16. The Balaban J connectivity index is 1.43. The van der Waals surface area contributed by atoms with Crippen LogP contribution in [0.15, 0.2) is 18.2 Å². The van der Waals surface area contributed by atoms with Gasteiger partial charge in [-0.1, -0.05) is 11.6 Å². The van der Waals surface area contributed by atoms with Crippen molar-refractivity contribution >= 4 is 33.7 Å². The minimum atomic E-state index is 0.830. The number of hydrogen-bond acceptors (Lipinski definition) is 4. The summed E-state index contributed by atoms with van der Waals surface area (Å²) in [5, 5.41) is 6.02. The van der Waals surface area contributed by atoms with Gasteiger partial charge in [0.2, 0.25) is 5.95 Å². The van der Waals surface area contributed by atoms with Crippen LogP contribution < -0.4 is 10.2 Å². The van der Waals surface area contributed by atoms with Gasteiger partial charge in [-0.2, -0.15) is 9.97 Å². The summed E-state index contributed by atoms with van der Waals surface area (Å²) in [5.41, 5.74) is 8.55. The molecule has 1 saturated heterocycles. The lowest BCUT2D eigenvalue weighted by molar-refractivity contribution is 0.901. The van der Waals surface area contributed by atoms with Gasteiger partial charge in [0.15, 0.2) is 0 Å². The highest BCUT2D eigenvalue weighted by atomic mass is 15.3.